The molecule has 0 aromatic heterocycles. The van der Waals surface area contributed by atoms with E-state index in [-0.39, 0.29) is 35.0 Å². The summed E-state index contributed by atoms with van der Waals surface area (Å²) in [5.41, 5.74) is 0.142. The van der Waals surface area contributed by atoms with Gasteiger partial charge in [-0.2, -0.15) is 0 Å². The molecule has 21 heavy (non-hydrogen) atoms. The van der Waals surface area contributed by atoms with Gasteiger partial charge in [0.05, 0.1) is 6.10 Å². The van der Waals surface area contributed by atoms with Crippen LogP contribution < -0.4 is 0 Å². The van der Waals surface area contributed by atoms with Gasteiger partial charge in [0.2, 0.25) is 0 Å². The number of benzene rings is 1. The molecule has 118 valence electrons. The lowest BCUT2D eigenvalue weighted by Crippen LogP contribution is -2.06. The fraction of sp³-hybridized carbons (Fsp3) is 0.562. The minimum absolute atomic E-state index is 0.122. The Morgan fingerprint density at radius 1 is 1.19 bits per heavy atom. The van der Waals surface area contributed by atoms with Crippen molar-refractivity contribution in [1.29, 1.82) is 0 Å². The van der Waals surface area contributed by atoms with E-state index >= 15 is 0 Å². The predicted octanol–water partition coefficient (Wildman–Crippen LogP) is 3.05. The second-order valence-corrected chi connectivity index (χ2v) is 5.53. The maximum absolute atomic E-state index is 12.2. The number of Topliss-reactive ketones (excluding diaryl/α,β-unsaturated/α-hetero) is 1. The fourth-order valence-corrected chi connectivity index (χ4v) is 2.30. The Balaban J connectivity index is 3.09. The third-order valence-electron chi connectivity index (χ3n) is 3.71. The first-order chi connectivity index (χ1) is 9.79. The van der Waals surface area contributed by atoms with Gasteiger partial charge in [-0.15, -0.1) is 0 Å². The summed E-state index contributed by atoms with van der Waals surface area (Å²) in [6, 6.07) is 1.10. The number of carbonyl (C=O) groups is 1. The molecule has 0 amide bonds. The smallest absolute Gasteiger partial charge is 0.170 e. The predicted molar refractivity (Wildman–Crippen MR) is 80.0 cm³/mol. The lowest BCUT2D eigenvalue weighted by molar-refractivity contribution is 0.0966. The van der Waals surface area contributed by atoms with E-state index in [0.29, 0.717) is 19.3 Å². The highest BCUT2D eigenvalue weighted by Gasteiger charge is 2.24. The average molecular weight is 296 g/mol. The van der Waals surface area contributed by atoms with E-state index in [1.54, 1.807) is 6.92 Å². The lowest BCUT2D eigenvalue weighted by Gasteiger charge is -2.17. The zero-order chi connectivity index (χ0) is 16.2. The number of ketones is 1. The van der Waals surface area contributed by atoms with Crippen LogP contribution in [0.2, 0.25) is 0 Å². The van der Waals surface area contributed by atoms with Crippen LogP contribution in [0.1, 0.15) is 68.3 Å². The van der Waals surface area contributed by atoms with Crippen molar-refractivity contribution in [2.45, 2.75) is 58.5 Å². The van der Waals surface area contributed by atoms with Crippen LogP contribution >= 0.6 is 0 Å². The Morgan fingerprint density at radius 3 is 2.33 bits per heavy atom. The van der Waals surface area contributed by atoms with Crippen LogP contribution in [0.3, 0.4) is 0 Å². The molecule has 0 fully saturated rings. The molecule has 0 spiro atoms. The van der Waals surface area contributed by atoms with Crippen molar-refractivity contribution in [2.75, 3.05) is 0 Å². The maximum atomic E-state index is 12.2. The first-order valence-electron chi connectivity index (χ1n) is 7.28. The van der Waals surface area contributed by atoms with Crippen molar-refractivity contribution >= 4 is 5.78 Å². The van der Waals surface area contributed by atoms with Crippen LogP contribution in [0, 0.1) is 0 Å². The summed E-state index contributed by atoms with van der Waals surface area (Å²) < 4.78 is 0. The van der Waals surface area contributed by atoms with E-state index in [4.69, 9.17) is 0 Å². The first-order valence-corrected chi connectivity index (χ1v) is 7.28. The molecule has 0 saturated carbocycles. The number of aromatic hydroxyl groups is 3. The van der Waals surface area contributed by atoms with Crippen molar-refractivity contribution in [3.63, 3.8) is 0 Å². The topological polar surface area (TPSA) is 98.0 Å². The van der Waals surface area contributed by atoms with Gasteiger partial charge in [-0.1, -0.05) is 13.8 Å². The number of aliphatic hydroxyl groups is 1. The molecule has 4 N–H and O–H groups in total. The van der Waals surface area contributed by atoms with Gasteiger partial charge in [0.15, 0.2) is 5.78 Å². The molecule has 5 nitrogen and oxygen atoms in total. The minimum atomic E-state index is -0.490. The number of hydrogen-bond donors (Lipinski definition) is 4. The first kappa shape index (κ1) is 17.3. The van der Waals surface area contributed by atoms with Crippen molar-refractivity contribution in [3.05, 3.63) is 17.2 Å². The number of hydrogen-bond acceptors (Lipinski definition) is 5. The van der Waals surface area contributed by atoms with Gasteiger partial charge in [0.1, 0.15) is 22.8 Å². The molecule has 0 bridgehead atoms. The Bertz CT molecular complexity index is 508. The quantitative estimate of drug-likeness (QED) is 0.580. The molecular formula is C16H24O5. The van der Waals surface area contributed by atoms with Crippen LogP contribution in [-0.2, 0) is 0 Å². The molecular weight excluding hydrogens is 272 g/mol. The van der Waals surface area contributed by atoms with Crippen molar-refractivity contribution < 1.29 is 25.2 Å². The summed E-state index contributed by atoms with van der Waals surface area (Å²) in [5.74, 6) is -1.49. The fourth-order valence-electron chi connectivity index (χ4n) is 2.30. The standard InChI is InChI=1S/C16H24O5/c1-4-9(2)14-12(19)8-13(20)15(16(14)21)11(18)7-5-6-10(3)17/h8-10,17,19-21H,4-7H2,1-3H3. The van der Waals surface area contributed by atoms with Gasteiger partial charge in [0.25, 0.3) is 0 Å². The number of carbonyl (C=O) groups excluding carboxylic acids is 1. The Morgan fingerprint density at radius 2 is 1.81 bits per heavy atom. The van der Waals surface area contributed by atoms with Gasteiger partial charge in [-0.3, -0.25) is 4.79 Å². The van der Waals surface area contributed by atoms with E-state index < -0.39 is 17.6 Å². The van der Waals surface area contributed by atoms with E-state index in [0.717, 1.165) is 6.07 Å². The number of rotatable bonds is 7. The van der Waals surface area contributed by atoms with E-state index in [1.807, 2.05) is 13.8 Å². The lowest BCUT2D eigenvalue weighted by atomic mass is 9.91. The maximum Gasteiger partial charge on any atom is 0.170 e. The van der Waals surface area contributed by atoms with Crippen LogP contribution in [0.4, 0.5) is 0 Å². The molecule has 2 unspecified atom stereocenters. The third kappa shape index (κ3) is 4.11. The molecule has 0 aliphatic heterocycles. The highest BCUT2D eigenvalue weighted by molar-refractivity contribution is 6.02. The molecule has 2 atom stereocenters. The molecule has 0 aliphatic rings. The highest BCUT2D eigenvalue weighted by atomic mass is 16.3. The summed E-state index contributed by atoms with van der Waals surface area (Å²) in [6.45, 7) is 5.37. The molecule has 0 aliphatic carbocycles. The van der Waals surface area contributed by atoms with Crippen molar-refractivity contribution in [3.8, 4) is 17.2 Å². The third-order valence-corrected chi connectivity index (χ3v) is 3.71. The number of phenols is 3. The Kier molecular flexibility index (Phi) is 6.03. The van der Waals surface area contributed by atoms with Gasteiger partial charge in [-0.25, -0.2) is 0 Å². The summed E-state index contributed by atoms with van der Waals surface area (Å²) in [5, 5.41) is 39.1. The normalized spacial score (nSPS) is 13.9. The van der Waals surface area contributed by atoms with Gasteiger partial charge < -0.3 is 20.4 Å². The van der Waals surface area contributed by atoms with E-state index in [9.17, 15) is 25.2 Å². The Labute approximate surface area is 124 Å². The summed E-state index contributed by atoms with van der Waals surface area (Å²) >= 11 is 0. The molecule has 1 rings (SSSR count). The second-order valence-electron chi connectivity index (χ2n) is 5.53. The molecule has 1 aromatic rings. The summed E-state index contributed by atoms with van der Waals surface area (Å²) in [6.07, 6.45) is 1.26. The SMILES string of the molecule is CCC(C)c1c(O)cc(O)c(C(=O)CCCC(C)O)c1O. The average Bonchev–Trinajstić information content (AvgIpc) is 2.37. The molecule has 1 aromatic carbocycles. The highest BCUT2D eigenvalue weighted by Crippen LogP contribution is 2.43. The summed E-state index contributed by atoms with van der Waals surface area (Å²) in [4.78, 5) is 12.2. The van der Waals surface area contributed by atoms with Crippen LogP contribution in [0.25, 0.3) is 0 Å². The molecule has 0 heterocycles. The molecule has 0 radical (unpaired) electrons. The van der Waals surface area contributed by atoms with Crippen molar-refractivity contribution in [1.82, 2.24) is 0 Å². The number of aliphatic hydroxyl groups excluding tert-OH is 1. The van der Waals surface area contributed by atoms with Crippen molar-refractivity contribution in [2.24, 2.45) is 0 Å². The molecule has 0 saturated heterocycles. The molecule has 5 heteroatoms. The van der Waals surface area contributed by atoms with E-state index in [2.05, 4.69) is 0 Å². The monoisotopic (exact) mass is 296 g/mol. The van der Waals surface area contributed by atoms with Crippen LogP contribution in [-0.4, -0.2) is 32.3 Å². The summed E-state index contributed by atoms with van der Waals surface area (Å²) in [7, 11) is 0. The number of phenolic OH excluding ortho intramolecular Hbond substituents is 3. The van der Waals surface area contributed by atoms with Gasteiger partial charge in [0, 0.05) is 18.1 Å². The van der Waals surface area contributed by atoms with Gasteiger partial charge in [-0.05, 0) is 32.1 Å². The van der Waals surface area contributed by atoms with Gasteiger partial charge >= 0.3 is 0 Å². The van der Waals surface area contributed by atoms with Crippen LogP contribution in [0.5, 0.6) is 17.2 Å². The van der Waals surface area contributed by atoms with E-state index in [1.165, 1.54) is 0 Å². The largest absolute Gasteiger partial charge is 0.507 e. The second kappa shape index (κ2) is 7.31. The zero-order valence-electron chi connectivity index (χ0n) is 12.8. The van der Waals surface area contributed by atoms with Crippen LogP contribution in [0.15, 0.2) is 6.07 Å². The Hall–Kier alpha value is -1.75. The zero-order valence-corrected chi connectivity index (χ0v) is 12.8. The minimum Gasteiger partial charge on any atom is -0.507 e.